The summed E-state index contributed by atoms with van der Waals surface area (Å²) in [6, 6.07) is 10.9. The minimum Gasteiger partial charge on any atom is -0.507 e. The number of phenolic OH excluding ortho intramolecular Hbond substituents is 1. The van der Waals surface area contributed by atoms with E-state index in [2.05, 4.69) is 10.6 Å². The van der Waals surface area contributed by atoms with E-state index in [1.807, 2.05) is 37.4 Å². The molecule has 0 aliphatic rings. The van der Waals surface area contributed by atoms with Gasteiger partial charge in [-0.1, -0.05) is 30.3 Å². The lowest BCUT2D eigenvalue weighted by Gasteiger charge is -2.18. The van der Waals surface area contributed by atoms with E-state index >= 15 is 0 Å². The zero-order valence-corrected chi connectivity index (χ0v) is 19.1. The van der Waals surface area contributed by atoms with E-state index in [1.165, 1.54) is 19.2 Å². The van der Waals surface area contributed by atoms with E-state index in [4.69, 9.17) is 9.47 Å². The van der Waals surface area contributed by atoms with Gasteiger partial charge in [0.15, 0.2) is 0 Å². The molecule has 32 heavy (non-hydrogen) atoms. The summed E-state index contributed by atoms with van der Waals surface area (Å²) in [4.78, 5) is 25.0. The Morgan fingerprint density at radius 2 is 1.84 bits per heavy atom. The number of methoxy groups -OCH3 is 1. The summed E-state index contributed by atoms with van der Waals surface area (Å²) in [5, 5.41) is 25.7. The third-order valence-electron chi connectivity index (χ3n) is 4.75. The summed E-state index contributed by atoms with van der Waals surface area (Å²) in [6.07, 6.45) is 1.96. The van der Waals surface area contributed by atoms with Crippen LogP contribution in [-0.2, 0) is 22.6 Å². The lowest BCUT2D eigenvalue weighted by atomic mass is 10.0. The first-order chi connectivity index (χ1) is 15.0. The summed E-state index contributed by atoms with van der Waals surface area (Å²) < 4.78 is 10.5. The number of unbranched alkanes of at least 4 members (excludes halogenated alkanes) is 1. The Morgan fingerprint density at radius 3 is 2.47 bits per heavy atom. The molecule has 0 aliphatic carbocycles. The Labute approximate surface area is 194 Å². The first-order valence-electron chi connectivity index (χ1n) is 10.2. The minimum atomic E-state index is -0.931. The molecule has 1 amide bonds. The average Bonchev–Trinajstić information content (AvgIpc) is 2.78. The highest BCUT2D eigenvalue weighted by atomic mass is 35.5. The maximum atomic E-state index is 12.8. The number of nitrogens with one attached hydrogen (secondary N) is 2. The van der Waals surface area contributed by atoms with Gasteiger partial charge in [0.25, 0.3) is 5.91 Å². The van der Waals surface area contributed by atoms with Crippen molar-refractivity contribution in [2.75, 3.05) is 27.3 Å². The Bertz CT molecular complexity index is 863. The van der Waals surface area contributed by atoms with Crippen molar-refractivity contribution in [3.63, 3.8) is 0 Å². The van der Waals surface area contributed by atoms with Gasteiger partial charge in [0.2, 0.25) is 0 Å². The second-order valence-corrected chi connectivity index (χ2v) is 7.03. The molecular weight excluding hydrogens is 436 g/mol. The average molecular weight is 467 g/mol. The lowest BCUT2D eigenvalue weighted by molar-refractivity contribution is -0.142. The second kappa shape index (κ2) is 14.3. The number of phenols is 1. The number of carbonyl (C=O) groups excluding carboxylic acids is 2. The van der Waals surface area contributed by atoms with Gasteiger partial charge in [0.05, 0.1) is 25.9 Å². The number of amides is 1. The van der Waals surface area contributed by atoms with E-state index in [9.17, 15) is 19.8 Å². The Kier molecular flexibility index (Phi) is 12.2. The molecule has 9 heteroatoms. The van der Waals surface area contributed by atoms with Crippen LogP contribution in [0.4, 0.5) is 0 Å². The standard InChI is InChI=1S/C23H30N2O6.ClH/c1-24-10-6-7-11-31-21-14-20(27)18(13-17(21)15-26)22(28)25-19(23(29)30-2)12-16-8-4-3-5-9-16;/h3-5,8-9,13-14,19,24,26-27H,6-7,10-12,15H2,1-2H3,(H,25,28);1H/t19-;/m0./s1. The second-order valence-electron chi connectivity index (χ2n) is 7.03. The molecule has 0 heterocycles. The van der Waals surface area contributed by atoms with Gasteiger partial charge in [-0.05, 0) is 38.1 Å². The van der Waals surface area contributed by atoms with Crippen molar-refractivity contribution in [2.45, 2.75) is 31.9 Å². The third-order valence-corrected chi connectivity index (χ3v) is 4.75. The van der Waals surface area contributed by atoms with Gasteiger partial charge in [0.1, 0.15) is 17.5 Å². The zero-order valence-electron chi connectivity index (χ0n) is 18.3. The van der Waals surface area contributed by atoms with Gasteiger partial charge >= 0.3 is 5.97 Å². The van der Waals surface area contributed by atoms with Crippen LogP contribution < -0.4 is 15.4 Å². The van der Waals surface area contributed by atoms with Gasteiger partial charge in [0, 0.05) is 18.1 Å². The summed E-state index contributed by atoms with van der Waals surface area (Å²) in [5.74, 6) is -1.24. The van der Waals surface area contributed by atoms with Crippen molar-refractivity contribution >= 4 is 24.3 Å². The summed E-state index contributed by atoms with van der Waals surface area (Å²) >= 11 is 0. The molecule has 0 unspecified atom stereocenters. The number of rotatable bonds is 12. The van der Waals surface area contributed by atoms with Crippen molar-refractivity contribution in [3.8, 4) is 11.5 Å². The smallest absolute Gasteiger partial charge is 0.328 e. The number of hydrogen-bond acceptors (Lipinski definition) is 7. The molecule has 0 saturated heterocycles. The molecule has 0 aromatic heterocycles. The first kappa shape index (κ1) is 27.2. The van der Waals surface area contributed by atoms with Crippen molar-refractivity contribution in [1.82, 2.24) is 10.6 Å². The summed E-state index contributed by atoms with van der Waals surface area (Å²) in [5.41, 5.74) is 1.16. The number of esters is 1. The molecule has 0 fully saturated rings. The zero-order chi connectivity index (χ0) is 22.6. The van der Waals surface area contributed by atoms with E-state index in [1.54, 1.807) is 0 Å². The molecule has 2 rings (SSSR count). The van der Waals surface area contributed by atoms with Crippen LogP contribution in [-0.4, -0.2) is 55.4 Å². The van der Waals surface area contributed by atoms with Crippen LogP contribution in [0.3, 0.4) is 0 Å². The summed E-state index contributed by atoms with van der Waals surface area (Å²) in [7, 11) is 3.12. The van der Waals surface area contributed by atoms with Crippen LogP contribution in [0.1, 0.15) is 34.3 Å². The van der Waals surface area contributed by atoms with E-state index in [0.29, 0.717) is 17.9 Å². The molecule has 4 N–H and O–H groups in total. The molecule has 0 saturated carbocycles. The van der Waals surface area contributed by atoms with Crippen molar-refractivity contribution in [3.05, 3.63) is 59.2 Å². The van der Waals surface area contributed by atoms with E-state index < -0.39 is 17.9 Å². The highest BCUT2D eigenvalue weighted by Gasteiger charge is 2.25. The van der Waals surface area contributed by atoms with Crippen molar-refractivity contribution in [2.24, 2.45) is 0 Å². The number of halogens is 1. The predicted molar refractivity (Wildman–Crippen MR) is 123 cm³/mol. The monoisotopic (exact) mass is 466 g/mol. The number of aromatic hydroxyl groups is 1. The highest BCUT2D eigenvalue weighted by molar-refractivity contribution is 5.99. The van der Waals surface area contributed by atoms with Gasteiger partial charge < -0.3 is 30.3 Å². The van der Waals surface area contributed by atoms with Crippen molar-refractivity contribution in [1.29, 1.82) is 0 Å². The number of aliphatic hydroxyl groups excluding tert-OH is 1. The molecule has 1 atom stereocenters. The van der Waals surface area contributed by atoms with Crippen LogP contribution in [0.15, 0.2) is 42.5 Å². The van der Waals surface area contributed by atoms with Crippen LogP contribution in [0.2, 0.25) is 0 Å². The predicted octanol–water partition coefficient (Wildman–Crippen LogP) is 2.20. The lowest BCUT2D eigenvalue weighted by Crippen LogP contribution is -2.43. The molecule has 0 bridgehead atoms. The number of aliphatic hydroxyl groups is 1. The highest BCUT2D eigenvalue weighted by Crippen LogP contribution is 2.29. The molecular formula is C23H31ClN2O6. The minimum absolute atomic E-state index is 0. The maximum Gasteiger partial charge on any atom is 0.328 e. The van der Waals surface area contributed by atoms with Gasteiger partial charge in [-0.3, -0.25) is 4.79 Å². The van der Waals surface area contributed by atoms with Crippen LogP contribution >= 0.6 is 12.4 Å². The third kappa shape index (κ3) is 8.03. The Balaban J connectivity index is 0.00000512. The quantitative estimate of drug-likeness (QED) is 0.280. The largest absolute Gasteiger partial charge is 0.507 e. The van der Waals surface area contributed by atoms with E-state index in [-0.39, 0.29) is 36.7 Å². The first-order valence-corrected chi connectivity index (χ1v) is 10.2. The fraction of sp³-hybridized carbons (Fsp3) is 0.391. The number of carbonyl (C=O) groups is 2. The molecule has 176 valence electrons. The fourth-order valence-electron chi connectivity index (χ4n) is 3.06. The van der Waals surface area contributed by atoms with Crippen LogP contribution in [0.25, 0.3) is 0 Å². The SMILES string of the molecule is CNCCCCOc1cc(O)c(C(=O)N[C@@H](Cc2ccccc2)C(=O)OC)cc1CO.Cl. The van der Waals surface area contributed by atoms with Gasteiger partial charge in [-0.2, -0.15) is 0 Å². The topological polar surface area (TPSA) is 117 Å². The molecule has 2 aromatic rings. The van der Waals surface area contributed by atoms with Crippen LogP contribution in [0.5, 0.6) is 11.5 Å². The molecule has 0 spiro atoms. The Hall–Kier alpha value is -2.81. The maximum absolute atomic E-state index is 12.8. The normalized spacial score (nSPS) is 11.2. The number of hydrogen-bond donors (Lipinski definition) is 4. The van der Waals surface area contributed by atoms with Gasteiger partial charge in [-0.15, -0.1) is 12.4 Å². The van der Waals surface area contributed by atoms with Gasteiger partial charge in [-0.25, -0.2) is 4.79 Å². The molecule has 0 aliphatic heterocycles. The molecule has 0 radical (unpaired) electrons. The molecule has 2 aromatic carbocycles. The molecule has 8 nitrogen and oxygen atoms in total. The summed E-state index contributed by atoms with van der Waals surface area (Å²) in [6.45, 7) is 0.920. The van der Waals surface area contributed by atoms with Crippen LogP contribution in [0, 0.1) is 0 Å². The van der Waals surface area contributed by atoms with Crippen molar-refractivity contribution < 1.29 is 29.3 Å². The number of benzene rings is 2. The fourth-order valence-corrected chi connectivity index (χ4v) is 3.06. The Morgan fingerprint density at radius 1 is 1.12 bits per heavy atom. The van der Waals surface area contributed by atoms with E-state index in [0.717, 1.165) is 24.9 Å². The number of ether oxygens (including phenoxy) is 2.